The molecule has 1 fully saturated rings. The van der Waals surface area contributed by atoms with Crippen LogP contribution in [0.1, 0.15) is 63.5 Å². The number of halogens is 1. The molecule has 3 nitrogen and oxygen atoms in total. The van der Waals surface area contributed by atoms with Gasteiger partial charge in [-0.15, -0.1) is 0 Å². The number of carbonyl (C=O) groups is 1. The van der Waals surface area contributed by atoms with E-state index in [0.717, 1.165) is 18.4 Å². The molecule has 1 amide bonds. The van der Waals surface area contributed by atoms with Gasteiger partial charge in [-0.05, 0) is 44.5 Å². The second-order valence-electron chi connectivity index (χ2n) is 6.75. The van der Waals surface area contributed by atoms with Gasteiger partial charge in [-0.2, -0.15) is 0 Å². The topological polar surface area (TPSA) is 32.3 Å². The lowest BCUT2D eigenvalue weighted by atomic mass is 9.97. The molecule has 1 aliphatic rings. The lowest BCUT2D eigenvalue weighted by Crippen LogP contribution is -2.41. The van der Waals surface area contributed by atoms with Crippen molar-refractivity contribution in [2.45, 2.75) is 64.0 Å². The number of carbonyl (C=O) groups excluding carboxylic acids is 1. The maximum absolute atomic E-state index is 13.0. The van der Waals surface area contributed by atoms with Crippen molar-refractivity contribution in [3.63, 3.8) is 0 Å². The number of hydrogen-bond donors (Lipinski definition) is 1. The van der Waals surface area contributed by atoms with E-state index >= 15 is 0 Å². The van der Waals surface area contributed by atoms with Gasteiger partial charge in [-0.1, -0.05) is 44.2 Å². The Morgan fingerprint density at radius 1 is 1.17 bits per heavy atom. The molecule has 0 bridgehead atoms. The molecule has 1 aliphatic carbocycles. The first-order valence-electron chi connectivity index (χ1n) is 8.81. The van der Waals surface area contributed by atoms with Crippen molar-refractivity contribution in [3.05, 3.63) is 35.6 Å². The Morgan fingerprint density at radius 3 is 2.35 bits per heavy atom. The minimum Gasteiger partial charge on any atom is -0.352 e. The molecule has 0 aliphatic heterocycles. The SMILES string of the molecule is CC(c1ccc(F)cc1)N(C)CC(=O)NC1CCCCCCC1. The van der Waals surface area contributed by atoms with Gasteiger partial charge in [0.05, 0.1) is 6.54 Å². The van der Waals surface area contributed by atoms with Crippen LogP contribution in [0.3, 0.4) is 0 Å². The van der Waals surface area contributed by atoms with E-state index in [1.165, 1.54) is 44.2 Å². The zero-order valence-electron chi connectivity index (χ0n) is 14.4. The fourth-order valence-electron chi connectivity index (χ4n) is 3.23. The molecule has 0 radical (unpaired) electrons. The van der Waals surface area contributed by atoms with Gasteiger partial charge in [0.2, 0.25) is 5.91 Å². The van der Waals surface area contributed by atoms with E-state index in [-0.39, 0.29) is 17.8 Å². The monoisotopic (exact) mass is 320 g/mol. The van der Waals surface area contributed by atoms with Crippen LogP contribution in [0.5, 0.6) is 0 Å². The van der Waals surface area contributed by atoms with Crippen LogP contribution in [0.25, 0.3) is 0 Å². The summed E-state index contributed by atoms with van der Waals surface area (Å²) in [5.74, 6) is -0.141. The van der Waals surface area contributed by atoms with Gasteiger partial charge in [-0.3, -0.25) is 9.69 Å². The number of benzene rings is 1. The molecule has 23 heavy (non-hydrogen) atoms. The molecular formula is C19H29FN2O. The molecule has 1 aromatic carbocycles. The molecule has 1 unspecified atom stereocenters. The number of likely N-dealkylation sites (N-methyl/N-ethyl adjacent to an activating group) is 1. The van der Waals surface area contributed by atoms with Crippen LogP contribution < -0.4 is 5.32 Å². The first kappa shape index (κ1) is 17.9. The van der Waals surface area contributed by atoms with Gasteiger partial charge in [-0.25, -0.2) is 4.39 Å². The third-order valence-corrected chi connectivity index (χ3v) is 4.88. The highest BCUT2D eigenvalue weighted by atomic mass is 19.1. The molecule has 1 N–H and O–H groups in total. The first-order valence-corrected chi connectivity index (χ1v) is 8.81. The largest absolute Gasteiger partial charge is 0.352 e. The van der Waals surface area contributed by atoms with E-state index in [2.05, 4.69) is 5.32 Å². The number of nitrogens with one attached hydrogen (secondary N) is 1. The van der Waals surface area contributed by atoms with Crippen LogP contribution >= 0.6 is 0 Å². The molecule has 4 heteroatoms. The number of rotatable bonds is 5. The summed E-state index contributed by atoms with van der Waals surface area (Å²) in [6.45, 7) is 2.41. The third-order valence-electron chi connectivity index (χ3n) is 4.88. The average molecular weight is 320 g/mol. The van der Waals surface area contributed by atoms with Crippen molar-refractivity contribution in [1.82, 2.24) is 10.2 Å². The van der Waals surface area contributed by atoms with Crippen molar-refractivity contribution in [1.29, 1.82) is 0 Å². The van der Waals surface area contributed by atoms with Crippen LogP contribution in [0.4, 0.5) is 4.39 Å². The molecule has 128 valence electrons. The molecule has 0 saturated heterocycles. The minimum atomic E-state index is -0.231. The van der Waals surface area contributed by atoms with Gasteiger partial charge in [0, 0.05) is 12.1 Å². The zero-order valence-corrected chi connectivity index (χ0v) is 14.4. The maximum atomic E-state index is 13.0. The lowest BCUT2D eigenvalue weighted by Gasteiger charge is -2.26. The Kier molecular flexibility index (Phi) is 7.03. The highest BCUT2D eigenvalue weighted by Crippen LogP contribution is 2.19. The van der Waals surface area contributed by atoms with Crippen LogP contribution in [-0.4, -0.2) is 30.4 Å². The number of nitrogens with zero attached hydrogens (tertiary/aromatic N) is 1. The Balaban J connectivity index is 1.82. The van der Waals surface area contributed by atoms with E-state index in [1.807, 2.05) is 18.9 Å². The van der Waals surface area contributed by atoms with E-state index in [0.29, 0.717) is 12.6 Å². The Morgan fingerprint density at radius 2 is 1.74 bits per heavy atom. The van der Waals surface area contributed by atoms with Gasteiger partial charge in [0.1, 0.15) is 5.82 Å². The van der Waals surface area contributed by atoms with Crippen molar-refractivity contribution < 1.29 is 9.18 Å². The second-order valence-corrected chi connectivity index (χ2v) is 6.75. The van der Waals surface area contributed by atoms with Gasteiger partial charge < -0.3 is 5.32 Å². The summed E-state index contributed by atoms with van der Waals surface area (Å²) in [5, 5.41) is 3.19. The minimum absolute atomic E-state index is 0.0821. The Hall–Kier alpha value is -1.42. The summed E-state index contributed by atoms with van der Waals surface area (Å²) in [6, 6.07) is 6.91. The van der Waals surface area contributed by atoms with Gasteiger partial charge in [0.15, 0.2) is 0 Å². The molecule has 1 aromatic rings. The standard InChI is InChI=1S/C19H29FN2O/c1-15(16-10-12-17(20)13-11-16)22(2)14-19(23)21-18-8-6-4-3-5-7-9-18/h10-13,15,18H,3-9,14H2,1-2H3,(H,21,23). The summed E-state index contributed by atoms with van der Waals surface area (Å²) in [6.07, 6.45) is 8.53. The molecule has 1 saturated carbocycles. The van der Waals surface area contributed by atoms with Crippen molar-refractivity contribution in [3.8, 4) is 0 Å². The lowest BCUT2D eigenvalue weighted by molar-refractivity contribution is -0.123. The molecule has 1 atom stereocenters. The smallest absolute Gasteiger partial charge is 0.234 e. The normalized spacial score (nSPS) is 18.3. The van der Waals surface area contributed by atoms with Gasteiger partial charge in [0.25, 0.3) is 0 Å². The van der Waals surface area contributed by atoms with Crippen LogP contribution in [-0.2, 0) is 4.79 Å². The molecule has 2 rings (SSSR count). The molecule has 0 aromatic heterocycles. The Labute approximate surface area is 139 Å². The summed E-state index contributed by atoms with van der Waals surface area (Å²) >= 11 is 0. The highest BCUT2D eigenvalue weighted by Gasteiger charge is 2.18. The van der Waals surface area contributed by atoms with Crippen molar-refractivity contribution in [2.24, 2.45) is 0 Å². The number of amides is 1. The fraction of sp³-hybridized carbons (Fsp3) is 0.632. The van der Waals surface area contributed by atoms with E-state index in [4.69, 9.17) is 0 Å². The van der Waals surface area contributed by atoms with E-state index in [9.17, 15) is 9.18 Å². The third kappa shape index (κ3) is 5.94. The summed E-state index contributed by atoms with van der Waals surface area (Å²) < 4.78 is 13.0. The number of hydrogen-bond acceptors (Lipinski definition) is 2. The predicted octanol–water partition coefficient (Wildman–Crippen LogP) is 4.05. The second kappa shape index (κ2) is 9.02. The summed E-state index contributed by atoms with van der Waals surface area (Å²) in [4.78, 5) is 14.3. The highest BCUT2D eigenvalue weighted by molar-refractivity contribution is 5.78. The molecule has 0 spiro atoms. The van der Waals surface area contributed by atoms with Gasteiger partial charge >= 0.3 is 0 Å². The van der Waals surface area contributed by atoms with Crippen LogP contribution in [0.2, 0.25) is 0 Å². The Bertz CT molecular complexity index is 481. The summed E-state index contributed by atoms with van der Waals surface area (Å²) in [5.41, 5.74) is 1.02. The predicted molar refractivity (Wildman–Crippen MR) is 91.7 cm³/mol. The average Bonchev–Trinajstić information content (AvgIpc) is 2.50. The van der Waals surface area contributed by atoms with E-state index < -0.39 is 0 Å². The maximum Gasteiger partial charge on any atom is 0.234 e. The fourth-order valence-corrected chi connectivity index (χ4v) is 3.23. The molecule has 0 heterocycles. The first-order chi connectivity index (χ1) is 11.1. The molecular weight excluding hydrogens is 291 g/mol. The van der Waals surface area contributed by atoms with Crippen LogP contribution in [0, 0.1) is 5.82 Å². The van der Waals surface area contributed by atoms with Crippen LogP contribution in [0.15, 0.2) is 24.3 Å². The summed E-state index contributed by atoms with van der Waals surface area (Å²) in [7, 11) is 1.94. The van der Waals surface area contributed by atoms with Crippen molar-refractivity contribution in [2.75, 3.05) is 13.6 Å². The quantitative estimate of drug-likeness (QED) is 0.888. The van der Waals surface area contributed by atoms with Crippen molar-refractivity contribution >= 4 is 5.91 Å². The zero-order chi connectivity index (χ0) is 16.7. The van der Waals surface area contributed by atoms with E-state index in [1.54, 1.807) is 12.1 Å².